The van der Waals surface area contributed by atoms with Gasteiger partial charge < -0.3 is 4.74 Å². The topological polar surface area (TPSA) is 26.3 Å². The van der Waals surface area contributed by atoms with Gasteiger partial charge in [-0.15, -0.1) is 0 Å². The van der Waals surface area contributed by atoms with Crippen LogP contribution in [0.1, 0.15) is 124 Å². The normalized spacial score (nSPS) is 11.2. The number of hydrogen-bond donors (Lipinski definition) is 0. The molecule has 0 unspecified atom stereocenters. The van der Waals surface area contributed by atoms with Crippen LogP contribution in [0.25, 0.3) is 0 Å². The molecule has 0 radical (unpaired) electrons. The first-order valence-electron chi connectivity index (χ1n) is 10.8. The highest BCUT2D eigenvalue weighted by Gasteiger charge is 2.00. The summed E-state index contributed by atoms with van der Waals surface area (Å²) in [6.07, 6.45) is 20.5. The van der Waals surface area contributed by atoms with Gasteiger partial charge >= 0.3 is 5.97 Å². The molecular weight excluding hydrogens is 296 g/mol. The summed E-state index contributed by atoms with van der Waals surface area (Å²) in [6.45, 7) is 7.27. The zero-order valence-electron chi connectivity index (χ0n) is 16.9. The van der Waals surface area contributed by atoms with Crippen LogP contribution in [0.4, 0.5) is 0 Å². The first-order valence-corrected chi connectivity index (χ1v) is 10.8. The lowest BCUT2D eigenvalue weighted by Crippen LogP contribution is -2.04. The second-order valence-electron chi connectivity index (χ2n) is 7.75. The van der Waals surface area contributed by atoms with Crippen LogP contribution in [0.2, 0.25) is 0 Å². The molecule has 0 aromatic heterocycles. The fourth-order valence-electron chi connectivity index (χ4n) is 3.06. The Morgan fingerprint density at radius 2 is 1.12 bits per heavy atom. The average Bonchev–Trinajstić information content (AvgIpc) is 2.54. The summed E-state index contributed by atoms with van der Waals surface area (Å²) in [5.74, 6) is 0.846. The molecule has 0 rings (SSSR count). The fraction of sp³-hybridized carbons (Fsp3) is 0.955. The molecule has 0 amide bonds. The molecule has 0 saturated carbocycles. The molecule has 0 aliphatic carbocycles. The third-order valence-electron chi connectivity index (χ3n) is 4.64. The number of ether oxygens (including phenoxy) is 1. The summed E-state index contributed by atoms with van der Waals surface area (Å²) in [4.78, 5) is 11.2. The Kier molecular flexibility index (Phi) is 18.4. The molecule has 0 aromatic rings. The van der Waals surface area contributed by atoms with Gasteiger partial charge in [-0.2, -0.15) is 0 Å². The van der Waals surface area contributed by atoms with Gasteiger partial charge in [0.2, 0.25) is 0 Å². The van der Waals surface area contributed by atoms with Crippen molar-refractivity contribution >= 4 is 5.97 Å². The van der Waals surface area contributed by atoms with Crippen molar-refractivity contribution in [3.63, 3.8) is 0 Å². The molecule has 0 aromatic carbocycles. The summed E-state index contributed by atoms with van der Waals surface area (Å²) in [5, 5.41) is 0. The molecule has 0 fully saturated rings. The smallest absolute Gasteiger partial charge is 0.305 e. The Morgan fingerprint density at radius 3 is 1.54 bits per heavy atom. The molecule has 144 valence electrons. The van der Waals surface area contributed by atoms with Gasteiger partial charge in [-0.1, -0.05) is 104 Å². The average molecular weight is 341 g/mol. The Morgan fingerprint density at radius 1 is 0.708 bits per heavy atom. The van der Waals surface area contributed by atoms with Crippen LogP contribution in [0.3, 0.4) is 0 Å². The number of carbonyl (C=O) groups excluding carboxylic acids is 1. The van der Waals surface area contributed by atoms with E-state index >= 15 is 0 Å². The third-order valence-corrected chi connectivity index (χ3v) is 4.64. The van der Waals surface area contributed by atoms with Crippen LogP contribution in [-0.4, -0.2) is 12.6 Å². The van der Waals surface area contributed by atoms with Gasteiger partial charge in [0.1, 0.15) is 0 Å². The first-order chi connectivity index (χ1) is 11.7. The van der Waals surface area contributed by atoms with E-state index in [-0.39, 0.29) is 5.97 Å². The molecular formula is C22H44O2. The largest absolute Gasteiger partial charge is 0.466 e. The lowest BCUT2D eigenvalue weighted by Gasteiger charge is -2.05. The lowest BCUT2D eigenvalue weighted by atomic mass is 10.0. The number of esters is 1. The molecule has 2 nitrogen and oxygen atoms in total. The monoisotopic (exact) mass is 340 g/mol. The van der Waals surface area contributed by atoms with E-state index in [1.54, 1.807) is 0 Å². The fourth-order valence-corrected chi connectivity index (χ4v) is 3.06. The maximum absolute atomic E-state index is 11.2. The zero-order chi connectivity index (χ0) is 17.9. The Labute approximate surface area is 152 Å². The van der Waals surface area contributed by atoms with Crippen LogP contribution in [0, 0.1) is 5.92 Å². The van der Waals surface area contributed by atoms with Gasteiger partial charge in [-0.25, -0.2) is 0 Å². The van der Waals surface area contributed by atoms with Crippen molar-refractivity contribution in [3.8, 4) is 0 Å². The SMILES string of the molecule is CCCC(=O)OCCCCCCCCCCCCCCCC(C)C. The van der Waals surface area contributed by atoms with Gasteiger partial charge in [0.25, 0.3) is 0 Å². The van der Waals surface area contributed by atoms with E-state index in [0.29, 0.717) is 13.0 Å². The van der Waals surface area contributed by atoms with Gasteiger partial charge in [-0.3, -0.25) is 4.79 Å². The number of hydrogen-bond acceptors (Lipinski definition) is 2. The van der Waals surface area contributed by atoms with E-state index in [4.69, 9.17) is 4.74 Å². The first kappa shape index (κ1) is 23.5. The molecule has 0 N–H and O–H groups in total. The summed E-state index contributed by atoms with van der Waals surface area (Å²) in [5.41, 5.74) is 0. The van der Waals surface area contributed by atoms with Gasteiger partial charge in [0, 0.05) is 6.42 Å². The van der Waals surface area contributed by atoms with Crippen molar-refractivity contribution in [3.05, 3.63) is 0 Å². The minimum absolute atomic E-state index is 0.0302. The summed E-state index contributed by atoms with van der Waals surface area (Å²) in [7, 11) is 0. The molecule has 0 aliphatic rings. The van der Waals surface area contributed by atoms with Crippen molar-refractivity contribution in [2.45, 2.75) is 124 Å². The highest BCUT2D eigenvalue weighted by Crippen LogP contribution is 2.14. The minimum Gasteiger partial charge on any atom is -0.466 e. The third kappa shape index (κ3) is 19.5. The minimum atomic E-state index is -0.0302. The van der Waals surface area contributed by atoms with Crippen molar-refractivity contribution in [2.75, 3.05) is 6.61 Å². The molecule has 0 atom stereocenters. The van der Waals surface area contributed by atoms with Gasteiger partial charge in [0.05, 0.1) is 6.61 Å². The molecule has 2 heteroatoms. The quantitative estimate of drug-likeness (QED) is 0.191. The molecule has 0 saturated heterocycles. The standard InChI is InChI=1S/C22H44O2/c1-4-18-22(23)24-20-17-15-13-11-9-7-5-6-8-10-12-14-16-19-21(2)3/h21H,4-20H2,1-3H3. The lowest BCUT2D eigenvalue weighted by molar-refractivity contribution is -0.143. The molecule has 24 heavy (non-hydrogen) atoms. The number of rotatable bonds is 18. The number of unbranched alkanes of at least 4 members (excludes halogenated alkanes) is 12. The second-order valence-corrected chi connectivity index (χ2v) is 7.75. The predicted molar refractivity (Wildman–Crippen MR) is 105 cm³/mol. The Balaban J connectivity index is 3.04. The van der Waals surface area contributed by atoms with Crippen LogP contribution in [0.15, 0.2) is 0 Å². The summed E-state index contributed by atoms with van der Waals surface area (Å²) in [6, 6.07) is 0. The van der Waals surface area contributed by atoms with E-state index in [2.05, 4.69) is 13.8 Å². The van der Waals surface area contributed by atoms with Gasteiger partial charge in [-0.05, 0) is 18.8 Å². The maximum atomic E-state index is 11.2. The highest BCUT2D eigenvalue weighted by atomic mass is 16.5. The maximum Gasteiger partial charge on any atom is 0.305 e. The zero-order valence-corrected chi connectivity index (χ0v) is 16.9. The van der Waals surface area contributed by atoms with Gasteiger partial charge in [0.15, 0.2) is 0 Å². The summed E-state index contributed by atoms with van der Waals surface area (Å²) < 4.78 is 5.16. The van der Waals surface area contributed by atoms with Crippen LogP contribution in [-0.2, 0) is 9.53 Å². The summed E-state index contributed by atoms with van der Waals surface area (Å²) >= 11 is 0. The van der Waals surface area contributed by atoms with E-state index < -0.39 is 0 Å². The van der Waals surface area contributed by atoms with E-state index in [0.717, 1.165) is 18.8 Å². The van der Waals surface area contributed by atoms with E-state index in [1.165, 1.54) is 83.5 Å². The van der Waals surface area contributed by atoms with Crippen molar-refractivity contribution < 1.29 is 9.53 Å². The van der Waals surface area contributed by atoms with Crippen molar-refractivity contribution in [1.82, 2.24) is 0 Å². The highest BCUT2D eigenvalue weighted by molar-refractivity contribution is 5.69. The molecule has 0 bridgehead atoms. The predicted octanol–water partition coefficient (Wildman–Crippen LogP) is 7.45. The van der Waals surface area contributed by atoms with Crippen LogP contribution >= 0.6 is 0 Å². The Bertz CT molecular complexity index is 261. The molecule has 0 aliphatic heterocycles. The second kappa shape index (κ2) is 18.8. The molecule has 0 heterocycles. The Hall–Kier alpha value is -0.530. The van der Waals surface area contributed by atoms with Crippen LogP contribution in [0.5, 0.6) is 0 Å². The van der Waals surface area contributed by atoms with Crippen molar-refractivity contribution in [2.24, 2.45) is 5.92 Å². The van der Waals surface area contributed by atoms with E-state index in [1.807, 2.05) is 6.92 Å². The van der Waals surface area contributed by atoms with Crippen LogP contribution < -0.4 is 0 Å². The van der Waals surface area contributed by atoms with E-state index in [9.17, 15) is 4.79 Å². The van der Waals surface area contributed by atoms with Crippen molar-refractivity contribution in [1.29, 1.82) is 0 Å². The number of carbonyl (C=O) groups is 1. The molecule has 0 spiro atoms.